The number of ether oxygens (including phenoxy) is 6. The second-order valence-corrected chi connectivity index (χ2v) is 7.44. The van der Waals surface area contributed by atoms with Crippen LogP contribution in [-0.2, 0) is 15.9 Å². The van der Waals surface area contributed by atoms with Crippen LogP contribution in [0, 0.1) is 5.92 Å². The molecular weight excluding hydrogens is 384 g/mol. The van der Waals surface area contributed by atoms with Crippen LogP contribution in [0.25, 0.3) is 0 Å². The molecule has 1 aliphatic rings. The lowest BCUT2D eigenvalue weighted by Gasteiger charge is -2.16. The Labute approximate surface area is 179 Å². The van der Waals surface area contributed by atoms with Crippen LogP contribution in [0.15, 0.2) is 42.5 Å². The van der Waals surface area contributed by atoms with Crippen LogP contribution in [0.2, 0.25) is 0 Å². The summed E-state index contributed by atoms with van der Waals surface area (Å²) in [6, 6.07) is 13.7. The first-order valence-electron chi connectivity index (χ1n) is 10.6. The number of fused-ring (bicyclic) bond motifs is 2. The summed E-state index contributed by atoms with van der Waals surface area (Å²) < 4.78 is 34.7. The predicted molar refractivity (Wildman–Crippen MR) is 115 cm³/mol. The van der Waals surface area contributed by atoms with Gasteiger partial charge in [-0.25, -0.2) is 0 Å². The molecule has 0 spiro atoms. The maximum Gasteiger partial charge on any atom is 0.161 e. The summed E-state index contributed by atoms with van der Waals surface area (Å²) in [4.78, 5) is 0. The minimum absolute atomic E-state index is 0.440. The van der Waals surface area contributed by atoms with Gasteiger partial charge in [-0.3, -0.25) is 0 Å². The molecule has 0 saturated heterocycles. The quantitative estimate of drug-likeness (QED) is 0.733. The van der Waals surface area contributed by atoms with E-state index in [1.54, 1.807) is 0 Å². The molecule has 0 atom stereocenters. The third-order valence-corrected chi connectivity index (χ3v) is 4.44. The van der Waals surface area contributed by atoms with Crippen molar-refractivity contribution in [3.05, 3.63) is 48.0 Å². The Bertz CT molecular complexity index is 761. The van der Waals surface area contributed by atoms with E-state index in [0.717, 1.165) is 17.9 Å². The van der Waals surface area contributed by atoms with Crippen molar-refractivity contribution < 1.29 is 28.4 Å². The number of hydrogen-bond acceptors (Lipinski definition) is 6. The van der Waals surface area contributed by atoms with Crippen molar-refractivity contribution in [1.82, 2.24) is 0 Å². The molecule has 0 aromatic heterocycles. The molecule has 1 aliphatic heterocycles. The molecule has 30 heavy (non-hydrogen) atoms. The molecule has 1 heterocycles. The van der Waals surface area contributed by atoms with Gasteiger partial charge in [-0.2, -0.15) is 0 Å². The first-order chi connectivity index (χ1) is 14.7. The fourth-order valence-electron chi connectivity index (χ4n) is 3.12. The van der Waals surface area contributed by atoms with Gasteiger partial charge >= 0.3 is 0 Å². The lowest BCUT2D eigenvalue weighted by atomic mass is 10.0. The average Bonchev–Trinajstić information content (AvgIpc) is 2.73. The van der Waals surface area contributed by atoms with E-state index in [2.05, 4.69) is 26.0 Å². The summed E-state index contributed by atoms with van der Waals surface area (Å²) >= 11 is 0. The zero-order valence-corrected chi connectivity index (χ0v) is 17.9. The molecule has 0 saturated carbocycles. The van der Waals surface area contributed by atoms with E-state index in [1.807, 2.05) is 30.3 Å². The lowest BCUT2D eigenvalue weighted by Crippen LogP contribution is -2.15. The summed E-state index contributed by atoms with van der Waals surface area (Å²) in [5.74, 6) is 3.45. The van der Waals surface area contributed by atoms with E-state index >= 15 is 0 Å². The molecular formula is C24H32O6. The highest BCUT2D eigenvalue weighted by molar-refractivity contribution is 5.43. The lowest BCUT2D eigenvalue weighted by molar-refractivity contribution is 0.0640. The van der Waals surface area contributed by atoms with Gasteiger partial charge in [-0.15, -0.1) is 0 Å². The van der Waals surface area contributed by atoms with Crippen molar-refractivity contribution >= 4 is 0 Å². The second-order valence-electron chi connectivity index (χ2n) is 7.44. The van der Waals surface area contributed by atoms with Gasteiger partial charge in [0.15, 0.2) is 23.0 Å². The van der Waals surface area contributed by atoms with Gasteiger partial charge in [0.1, 0.15) is 26.4 Å². The van der Waals surface area contributed by atoms with Gasteiger partial charge in [0.25, 0.3) is 0 Å². The maximum absolute atomic E-state index is 5.96. The SMILES string of the molecule is CC(C)Cc1ccc2c(c1)OCCOCCOc1ccccc1OCCOCCO2. The average molecular weight is 417 g/mol. The van der Waals surface area contributed by atoms with Crippen LogP contribution in [0.1, 0.15) is 19.4 Å². The van der Waals surface area contributed by atoms with Gasteiger partial charge in [0.2, 0.25) is 0 Å². The highest BCUT2D eigenvalue weighted by Gasteiger charge is 2.09. The maximum atomic E-state index is 5.96. The van der Waals surface area contributed by atoms with Crippen LogP contribution in [0.5, 0.6) is 23.0 Å². The Balaban J connectivity index is 1.60. The van der Waals surface area contributed by atoms with E-state index in [9.17, 15) is 0 Å². The van der Waals surface area contributed by atoms with Crippen molar-refractivity contribution in [2.45, 2.75) is 20.3 Å². The smallest absolute Gasteiger partial charge is 0.161 e. The largest absolute Gasteiger partial charge is 0.487 e. The van der Waals surface area contributed by atoms with Crippen LogP contribution >= 0.6 is 0 Å². The van der Waals surface area contributed by atoms with Crippen molar-refractivity contribution in [2.75, 3.05) is 52.9 Å². The van der Waals surface area contributed by atoms with Crippen LogP contribution in [0.3, 0.4) is 0 Å². The number of hydrogen-bond donors (Lipinski definition) is 0. The zero-order valence-electron chi connectivity index (χ0n) is 17.9. The van der Waals surface area contributed by atoms with E-state index in [4.69, 9.17) is 28.4 Å². The van der Waals surface area contributed by atoms with Gasteiger partial charge in [-0.1, -0.05) is 32.0 Å². The fourth-order valence-corrected chi connectivity index (χ4v) is 3.12. The van der Waals surface area contributed by atoms with Gasteiger partial charge in [-0.05, 0) is 42.2 Å². The first kappa shape index (κ1) is 22.2. The molecule has 2 aromatic carbocycles. The Morgan fingerprint density at radius 1 is 0.600 bits per heavy atom. The number of benzene rings is 2. The standard InChI is InChI=1S/C24H32O6/c1-19(2)17-20-7-8-23-24(18-20)30-16-12-26-10-14-28-22-6-4-3-5-21(22)27-13-9-25-11-15-29-23/h3-8,18-19H,9-17H2,1-2H3. The molecule has 164 valence electrons. The van der Waals surface area contributed by atoms with Crippen molar-refractivity contribution in [1.29, 1.82) is 0 Å². The normalized spacial score (nSPS) is 16.5. The monoisotopic (exact) mass is 416 g/mol. The molecule has 0 fully saturated rings. The second kappa shape index (κ2) is 12.3. The molecule has 6 nitrogen and oxygen atoms in total. The Morgan fingerprint density at radius 2 is 1.07 bits per heavy atom. The van der Waals surface area contributed by atoms with E-state index in [0.29, 0.717) is 70.3 Å². The molecule has 0 aliphatic carbocycles. The molecule has 0 bridgehead atoms. The van der Waals surface area contributed by atoms with Crippen molar-refractivity contribution in [3.63, 3.8) is 0 Å². The highest BCUT2D eigenvalue weighted by Crippen LogP contribution is 2.30. The molecule has 0 N–H and O–H groups in total. The minimum atomic E-state index is 0.440. The third-order valence-electron chi connectivity index (χ3n) is 4.44. The molecule has 6 heteroatoms. The Hall–Kier alpha value is -2.44. The minimum Gasteiger partial charge on any atom is -0.487 e. The fraction of sp³-hybridized carbons (Fsp3) is 0.500. The summed E-state index contributed by atoms with van der Waals surface area (Å²) in [6.07, 6.45) is 0.995. The van der Waals surface area contributed by atoms with Crippen LogP contribution in [0.4, 0.5) is 0 Å². The van der Waals surface area contributed by atoms with E-state index in [1.165, 1.54) is 5.56 Å². The van der Waals surface area contributed by atoms with E-state index in [-0.39, 0.29) is 0 Å². The van der Waals surface area contributed by atoms with Crippen molar-refractivity contribution in [2.24, 2.45) is 5.92 Å². The third kappa shape index (κ3) is 7.43. The van der Waals surface area contributed by atoms with Crippen LogP contribution in [-0.4, -0.2) is 52.9 Å². The number of para-hydroxylation sites is 2. The van der Waals surface area contributed by atoms with Gasteiger partial charge < -0.3 is 28.4 Å². The topological polar surface area (TPSA) is 55.4 Å². The van der Waals surface area contributed by atoms with E-state index < -0.39 is 0 Å². The van der Waals surface area contributed by atoms with Crippen LogP contribution < -0.4 is 18.9 Å². The molecule has 0 unspecified atom stereocenters. The Kier molecular flexibility index (Phi) is 9.12. The summed E-state index contributed by atoms with van der Waals surface area (Å²) in [7, 11) is 0. The Morgan fingerprint density at radius 3 is 1.57 bits per heavy atom. The van der Waals surface area contributed by atoms with Crippen molar-refractivity contribution in [3.8, 4) is 23.0 Å². The van der Waals surface area contributed by atoms with Gasteiger partial charge in [0, 0.05) is 0 Å². The van der Waals surface area contributed by atoms with Gasteiger partial charge in [0.05, 0.1) is 26.4 Å². The summed E-state index contributed by atoms with van der Waals surface area (Å²) in [5.41, 5.74) is 1.23. The number of rotatable bonds is 2. The molecule has 0 amide bonds. The predicted octanol–water partition coefficient (Wildman–Crippen LogP) is 4.15. The molecule has 0 radical (unpaired) electrons. The first-order valence-corrected chi connectivity index (χ1v) is 10.6. The summed E-state index contributed by atoms with van der Waals surface area (Å²) in [5, 5.41) is 0. The molecule has 2 aromatic rings. The zero-order chi connectivity index (χ0) is 21.0. The highest BCUT2D eigenvalue weighted by atomic mass is 16.6. The molecule has 3 rings (SSSR count). The summed E-state index contributed by atoms with van der Waals surface area (Å²) in [6.45, 7) is 8.05.